The monoisotopic (exact) mass is 325 g/mol. The van der Waals surface area contributed by atoms with Crippen LogP contribution in [-0.2, 0) is 11.2 Å². The van der Waals surface area contributed by atoms with Crippen molar-refractivity contribution in [1.29, 1.82) is 0 Å². The minimum absolute atomic E-state index is 0.0156. The van der Waals surface area contributed by atoms with Crippen molar-refractivity contribution in [2.75, 3.05) is 13.4 Å². The topological polar surface area (TPSA) is 56.8 Å². The van der Waals surface area contributed by atoms with Crippen LogP contribution in [0.15, 0.2) is 42.5 Å². The van der Waals surface area contributed by atoms with Gasteiger partial charge in [0.1, 0.15) is 5.75 Å². The van der Waals surface area contributed by atoms with Gasteiger partial charge in [-0.05, 0) is 42.5 Å². The van der Waals surface area contributed by atoms with Gasteiger partial charge >= 0.3 is 0 Å². The summed E-state index contributed by atoms with van der Waals surface area (Å²) in [6.07, 6.45) is 3.13. The van der Waals surface area contributed by atoms with Crippen molar-refractivity contribution < 1.29 is 19.0 Å². The van der Waals surface area contributed by atoms with Gasteiger partial charge in [0.2, 0.25) is 6.79 Å². The van der Waals surface area contributed by atoms with E-state index in [-0.39, 0.29) is 25.3 Å². The molecule has 1 amide bonds. The van der Waals surface area contributed by atoms with E-state index in [0.717, 1.165) is 19.3 Å². The van der Waals surface area contributed by atoms with Gasteiger partial charge in [0.15, 0.2) is 18.1 Å². The quantitative estimate of drug-likeness (QED) is 0.939. The summed E-state index contributed by atoms with van der Waals surface area (Å²) in [7, 11) is 0. The molecule has 5 heteroatoms. The summed E-state index contributed by atoms with van der Waals surface area (Å²) in [6, 6.07) is 13.7. The number of carbonyl (C=O) groups is 1. The molecule has 0 saturated carbocycles. The molecule has 0 fully saturated rings. The lowest BCUT2D eigenvalue weighted by Gasteiger charge is -2.26. The third kappa shape index (κ3) is 3.02. The molecule has 0 bridgehead atoms. The van der Waals surface area contributed by atoms with E-state index in [2.05, 4.69) is 17.4 Å². The zero-order chi connectivity index (χ0) is 16.4. The average molecular weight is 325 g/mol. The normalized spacial score (nSPS) is 17.9. The minimum atomic E-state index is -0.116. The predicted octanol–water partition coefficient (Wildman–Crippen LogP) is 2.99. The van der Waals surface area contributed by atoms with Crippen molar-refractivity contribution in [1.82, 2.24) is 5.32 Å². The summed E-state index contributed by atoms with van der Waals surface area (Å²) >= 11 is 0. The number of rotatable bonds is 4. The molecule has 124 valence electrons. The first-order chi connectivity index (χ1) is 11.8. The van der Waals surface area contributed by atoms with E-state index < -0.39 is 0 Å². The lowest BCUT2D eigenvalue weighted by atomic mass is 9.88. The van der Waals surface area contributed by atoms with E-state index in [4.69, 9.17) is 14.2 Å². The predicted molar refractivity (Wildman–Crippen MR) is 88.3 cm³/mol. The van der Waals surface area contributed by atoms with Gasteiger partial charge in [-0.25, -0.2) is 0 Å². The van der Waals surface area contributed by atoms with Crippen molar-refractivity contribution in [3.05, 3.63) is 53.6 Å². The SMILES string of the molecule is O=C(COc1ccc2c(c1)OCO2)NC1CCCc2ccccc21. The van der Waals surface area contributed by atoms with E-state index in [1.165, 1.54) is 11.1 Å². The van der Waals surface area contributed by atoms with Crippen molar-refractivity contribution in [3.8, 4) is 17.2 Å². The van der Waals surface area contributed by atoms with Gasteiger partial charge in [-0.15, -0.1) is 0 Å². The molecule has 1 unspecified atom stereocenters. The fourth-order valence-electron chi connectivity index (χ4n) is 3.26. The van der Waals surface area contributed by atoms with Crippen LogP contribution < -0.4 is 19.5 Å². The fourth-order valence-corrected chi connectivity index (χ4v) is 3.26. The Balaban J connectivity index is 1.36. The van der Waals surface area contributed by atoms with E-state index in [1.807, 2.05) is 12.1 Å². The van der Waals surface area contributed by atoms with Crippen molar-refractivity contribution in [3.63, 3.8) is 0 Å². The Kier molecular flexibility index (Phi) is 3.99. The van der Waals surface area contributed by atoms with Crippen LogP contribution in [0.2, 0.25) is 0 Å². The Morgan fingerprint density at radius 1 is 1.17 bits per heavy atom. The van der Waals surface area contributed by atoms with Crippen molar-refractivity contribution >= 4 is 5.91 Å². The van der Waals surface area contributed by atoms with E-state index in [1.54, 1.807) is 18.2 Å². The molecule has 4 rings (SSSR count). The number of amides is 1. The first-order valence-corrected chi connectivity index (χ1v) is 8.19. The molecule has 24 heavy (non-hydrogen) atoms. The molecular formula is C19H19NO4. The number of ether oxygens (including phenoxy) is 3. The van der Waals surface area contributed by atoms with Gasteiger partial charge in [0.25, 0.3) is 5.91 Å². The van der Waals surface area contributed by atoms with Crippen LogP contribution in [0, 0.1) is 0 Å². The molecule has 1 N–H and O–H groups in total. The summed E-state index contributed by atoms with van der Waals surface area (Å²) in [5, 5.41) is 3.08. The number of fused-ring (bicyclic) bond motifs is 2. The Bertz CT molecular complexity index is 759. The van der Waals surface area contributed by atoms with Crippen LogP contribution in [0.25, 0.3) is 0 Å². The zero-order valence-electron chi connectivity index (χ0n) is 13.3. The maximum absolute atomic E-state index is 12.2. The molecule has 1 aliphatic carbocycles. The van der Waals surface area contributed by atoms with Crippen LogP contribution in [0.5, 0.6) is 17.2 Å². The number of hydrogen-bond acceptors (Lipinski definition) is 4. The smallest absolute Gasteiger partial charge is 0.258 e. The summed E-state index contributed by atoms with van der Waals surface area (Å²) in [5.74, 6) is 1.83. The van der Waals surface area contributed by atoms with Gasteiger partial charge < -0.3 is 19.5 Å². The summed E-state index contributed by atoms with van der Waals surface area (Å²) in [4.78, 5) is 12.2. The van der Waals surface area contributed by atoms with Gasteiger partial charge in [-0.3, -0.25) is 4.79 Å². The molecule has 1 aliphatic heterocycles. The maximum Gasteiger partial charge on any atom is 0.258 e. The molecule has 0 saturated heterocycles. The third-order valence-electron chi connectivity index (χ3n) is 4.42. The van der Waals surface area contributed by atoms with Crippen LogP contribution in [0.4, 0.5) is 0 Å². The molecule has 1 heterocycles. The largest absolute Gasteiger partial charge is 0.484 e. The minimum Gasteiger partial charge on any atom is -0.484 e. The van der Waals surface area contributed by atoms with Crippen molar-refractivity contribution in [2.24, 2.45) is 0 Å². The van der Waals surface area contributed by atoms with Crippen LogP contribution >= 0.6 is 0 Å². The number of benzene rings is 2. The number of nitrogens with one attached hydrogen (secondary N) is 1. The highest BCUT2D eigenvalue weighted by molar-refractivity contribution is 5.78. The average Bonchev–Trinajstić information content (AvgIpc) is 3.08. The molecule has 1 atom stereocenters. The lowest BCUT2D eigenvalue weighted by Crippen LogP contribution is -2.34. The molecule has 5 nitrogen and oxygen atoms in total. The number of hydrogen-bond donors (Lipinski definition) is 1. The lowest BCUT2D eigenvalue weighted by molar-refractivity contribution is -0.124. The van der Waals surface area contributed by atoms with E-state index >= 15 is 0 Å². The van der Waals surface area contributed by atoms with E-state index in [0.29, 0.717) is 17.2 Å². The molecule has 0 aromatic heterocycles. The highest BCUT2D eigenvalue weighted by Crippen LogP contribution is 2.35. The Morgan fingerprint density at radius 2 is 2.04 bits per heavy atom. The van der Waals surface area contributed by atoms with Crippen LogP contribution in [0.3, 0.4) is 0 Å². The van der Waals surface area contributed by atoms with Gasteiger partial charge in [0, 0.05) is 6.07 Å². The summed E-state index contributed by atoms with van der Waals surface area (Å²) in [6.45, 7) is 0.207. The molecular weight excluding hydrogens is 306 g/mol. The fraction of sp³-hybridized carbons (Fsp3) is 0.316. The first kappa shape index (κ1) is 14.9. The highest BCUT2D eigenvalue weighted by Gasteiger charge is 2.21. The standard InChI is InChI=1S/C19H19NO4/c21-19(11-22-14-8-9-17-18(10-14)24-12-23-17)20-16-7-3-5-13-4-1-2-6-15(13)16/h1-2,4,6,8-10,16H,3,5,7,11-12H2,(H,20,21). The first-order valence-electron chi connectivity index (χ1n) is 8.19. The molecule has 0 radical (unpaired) electrons. The van der Waals surface area contributed by atoms with Gasteiger partial charge in [0.05, 0.1) is 6.04 Å². The van der Waals surface area contributed by atoms with Gasteiger partial charge in [-0.1, -0.05) is 24.3 Å². The number of aryl methyl sites for hydroxylation is 1. The Morgan fingerprint density at radius 3 is 3.00 bits per heavy atom. The second kappa shape index (κ2) is 6.43. The highest BCUT2D eigenvalue weighted by atomic mass is 16.7. The molecule has 0 spiro atoms. The molecule has 2 aromatic rings. The Labute approximate surface area is 140 Å². The second-order valence-corrected chi connectivity index (χ2v) is 6.01. The Hall–Kier alpha value is -2.69. The maximum atomic E-state index is 12.2. The van der Waals surface area contributed by atoms with Crippen LogP contribution in [0.1, 0.15) is 30.0 Å². The van der Waals surface area contributed by atoms with Gasteiger partial charge in [-0.2, -0.15) is 0 Å². The molecule has 2 aromatic carbocycles. The molecule has 2 aliphatic rings. The zero-order valence-corrected chi connectivity index (χ0v) is 13.3. The summed E-state index contributed by atoms with van der Waals surface area (Å²) in [5.41, 5.74) is 2.55. The van der Waals surface area contributed by atoms with E-state index in [9.17, 15) is 4.79 Å². The summed E-state index contributed by atoms with van der Waals surface area (Å²) < 4.78 is 16.1. The van der Waals surface area contributed by atoms with Crippen LogP contribution in [-0.4, -0.2) is 19.3 Å². The third-order valence-corrected chi connectivity index (χ3v) is 4.42. The second-order valence-electron chi connectivity index (χ2n) is 6.01. The van der Waals surface area contributed by atoms with Crippen molar-refractivity contribution in [2.45, 2.75) is 25.3 Å². The number of carbonyl (C=O) groups excluding carboxylic acids is 1.